The average molecular weight is 300 g/mol. The second-order valence-corrected chi connectivity index (χ2v) is 3.92. The Morgan fingerprint density at radius 2 is 2.41 bits per heavy atom. The van der Waals surface area contributed by atoms with Crippen molar-refractivity contribution in [1.29, 1.82) is 5.26 Å². The summed E-state index contributed by atoms with van der Waals surface area (Å²) in [6.45, 7) is 0.118. The molecule has 0 amide bonds. The van der Waals surface area contributed by atoms with E-state index < -0.39 is 11.0 Å². The number of benzene rings is 1. The van der Waals surface area contributed by atoms with Crippen molar-refractivity contribution in [1.82, 2.24) is 5.32 Å². The van der Waals surface area contributed by atoms with Gasteiger partial charge in [-0.2, -0.15) is 5.26 Å². The molecule has 0 spiro atoms. The van der Waals surface area contributed by atoms with Crippen molar-refractivity contribution in [2.75, 3.05) is 13.7 Å². The SMILES string of the molecule is CNC(C#N)COc1cccc([N+](=O)[O-])c1Br. The minimum atomic E-state index is -0.503. The van der Waals surface area contributed by atoms with Crippen LogP contribution < -0.4 is 10.1 Å². The summed E-state index contributed by atoms with van der Waals surface area (Å²) >= 11 is 3.11. The van der Waals surface area contributed by atoms with Crippen LogP contribution >= 0.6 is 15.9 Å². The number of halogens is 1. The van der Waals surface area contributed by atoms with E-state index in [1.54, 1.807) is 13.1 Å². The highest BCUT2D eigenvalue weighted by molar-refractivity contribution is 9.10. The van der Waals surface area contributed by atoms with Gasteiger partial charge in [0.25, 0.3) is 5.69 Å². The highest BCUT2D eigenvalue weighted by atomic mass is 79.9. The quantitative estimate of drug-likeness (QED) is 0.662. The summed E-state index contributed by atoms with van der Waals surface area (Å²) in [5.74, 6) is 0.342. The first kappa shape index (κ1) is 13.4. The third-order valence-corrected chi connectivity index (χ3v) is 2.85. The molecule has 1 aromatic rings. The third-order valence-electron chi connectivity index (χ3n) is 2.05. The summed E-state index contributed by atoms with van der Waals surface area (Å²) in [6, 6.07) is 6.03. The number of nitrogens with zero attached hydrogens (tertiary/aromatic N) is 2. The number of ether oxygens (including phenoxy) is 1. The van der Waals surface area contributed by atoms with Crippen molar-refractivity contribution >= 4 is 21.6 Å². The van der Waals surface area contributed by atoms with Gasteiger partial charge in [-0.3, -0.25) is 10.1 Å². The molecule has 0 aliphatic heterocycles. The van der Waals surface area contributed by atoms with Crippen LogP contribution in [-0.2, 0) is 0 Å². The summed E-state index contributed by atoms with van der Waals surface area (Å²) < 4.78 is 5.61. The van der Waals surface area contributed by atoms with E-state index in [1.165, 1.54) is 12.1 Å². The molecule has 7 heteroatoms. The lowest BCUT2D eigenvalue weighted by Gasteiger charge is -2.11. The summed E-state index contributed by atoms with van der Waals surface area (Å²) in [7, 11) is 1.64. The summed E-state index contributed by atoms with van der Waals surface area (Å²) in [4.78, 5) is 10.2. The van der Waals surface area contributed by atoms with Gasteiger partial charge in [0.1, 0.15) is 22.9 Å². The molecular weight excluding hydrogens is 290 g/mol. The maximum atomic E-state index is 10.7. The average Bonchev–Trinajstić information content (AvgIpc) is 2.32. The van der Waals surface area contributed by atoms with Crippen LogP contribution in [0.25, 0.3) is 0 Å². The van der Waals surface area contributed by atoms with Gasteiger partial charge in [-0.15, -0.1) is 0 Å². The van der Waals surface area contributed by atoms with Crippen molar-refractivity contribution in [3.8, 4) is 11.8 Å². The zero-order chi connectivity index (χ0) is 12.8. The highest BCUT2D eigenvalue weighted by Gasteiger charge is 2.16. The zero-order valence-electron chi connectivity index (χ0n) is 9.01. The van der Waals surface area contributed by atoms with Crippen LogP contribution in [0.4, 0.5) is 5.69 Å². The van der Waals surface area contributed by atoms with Gasteiger partial charge < -0.3 is 10.1 Å². The molecule has 1 atom stereocenters. The molecule has 0 saturated heterocycles. The highest BCUT2D eigenvalue weighted by Crippen LogP contribution is 2.33. The minimum absolute atomic E-state index is 0.0690. The first-order valence-corrected chi connectivity index (χ1v) is 5.52. The topological polar surface area (TPSA) is 88.2 Å². The Balaban J connectivity index is 2.82. The molecule has 0 radical (unpaired) electrons. The van der Waals surface area contributed by atoms with Crippen LogP contribution in [0.2, 0.25) is 0 Å². The van der Waals surface area contributed by atoms with Crippen LogP contribution in [-0.4, -0.2) is 24.6 Å². The molecule has 90 valence electrons. The predicted molar refractivity (Wildman–Crippen MR) is 64.8 cm³/mol. The predicted octanol–water partition coefficient (Wildman–Crippen LogP) is 1.85. The van der Waals surface area contributed by atoms with Crippen LogP contribution in [0.5, 0.6) is 5.75 Å². The summed E-state index contributed by atoms with van der Waals surface area (Å²) in [5, 5.41) is 22.1. The van der Waals surface area contributed by atoms with Gasteiger partial charge in [0.15, 0.2) is 0 Å². The van der Waals surface area contributed by atoms with Gasteiger partial charge in [-0.05, 0) is 29.0 Å². The fourth-order valence-corrected chi connectivity index (χ4v) is 1.63. The Bertz CT molecular complexity index is 459. The van der Waals surface area contributed by atoms with Crippen molar-refractivity contribution < 1.29 is 9.66 Å². The summed E-state index contributed by atoms with van der Waals surface area (Å²) in [5.41, 5.74) is -0.0690. The van der Waals surface area contributed by atoms with Crippen molar-refractivity contribution in [2.24, 2.45) is 0 Å². The van der Waals surface area contributed by atoms with E-state index in [0.717, 1.165) is 0 Å². The van der Waals surface area contributed by atoms with E-state index in [2.05, 4.69) is 21.2 Å². The zero-order valence-corrected chi connectivity index (χ0v) is 10.6. The van der Waals surface area contributed by atoms with Crippen molar-refractivity contribution in [3.05, 3.63) is 32.8 Å². The van der Waals surface area contributed by atoms with E-state index in [1.807, 2.05) is 6.07 Å². The van der Waals surface area contributed by atoms with Crippen LogP contribution in [0, 0.1) is 21.4 Å². The standard InChI is InChI=1S/C10H10BrN3O3/c1-13-7(5-12)6-17-9-4-2-3-8(10(9)11)14(15)16/h2-4,7,13H,6H2,1H3. The molecule has 0 aromatic heterocycles. The lowest BCUT2D eigenvalue weighted by Crippen LogP contribution is -2.29. The van der Waals surface area contributed by atoms with Crippen molar-refractivity contribution in [2.45, 2.75) is 6.04 Å². The van der Waals surface area contributed by atoms with E-state index in [9.17, 15) is 10.1 Å². The van der Waals surface area contributed by atoms with Crippen LogP contribution in [0.1, 0.15) is 0 Å². The maximum absolute atomic E-state index is 10.7. The molecule has 0 fully saturated rings. The monoisotopic (exact) mass is 299 g/mol. The lowest BCUT2D eigenvalue weighted by molar-refractivity contribution is -0.385. The second kappa shape index (κ2) is 6.18. The molecule has 0 saturated carbocycles. The number of hydrogen-bond acceptors (Lipinski definition) is 5. The molecule has 0 heterocycles. The van der Waals surface area contributed by atoms with Gasteiger partial charge >= 0.3 is 0 Å². The fourth-order valence-electron chi connectivity index (χ4n) is 1.11. The van der Waals surface area contributed by atoms with E-state index in [4.69, 9.17) is 10.00 Å². The van der Waals surface area contributed by atoms with E-state index in [-0.39, 0.29) is 16.8 Å². The Labute approximate surface area is 106 Å². The lowest BCUT2D eigenvalue weighted by atomic mass is 10.3. The smallest absolute Gasteiger partial charge is 0.287 e. The number of likely N-dealkylation sites (N-methyl/N-ethyl adjacent to an activating group) is 1. The maximum Gasteiger partial charge on any atom is 0.287 e. The molecule has 1 unspecified atom stereocenters. The first-order valence-electron chi connectivity index (χ1n) is 4.72. The molecule has 0 bridgehead atoms. The molecule has 1 rings (SSSR count). The number of nitrogens with one attached hydrogen (secondary N) is 1. The Morgan fingerprint density at radius 3 is 2.94 bits per heavy atom. The molecule has 6 nitrogen and oxygen atoms in total. The van der Waals surface area contributed by atoms with Gasteiger partial charge in [-0.1, -0.05) is 6.07 Å². The molecule has 1 aromatic carbocycles. The van der Waals surface area contributed by atoms with Gasteiger partial charge in [-0.25, -0.2) is 0 Å². The largest absolute Gasteiger partial charge is 0.489 e. The van der Waals surface area contributed by atoms with E-state index >= 15 is 0 Å². The van der Waals surface area contributed by atoms with E-state index in [0.29, 0.717) is 5.75 Å². The Kier molecular flexibility index (Phi) is 4.87. The van der Waals surface area contributed by atoms with Crippen LogP contribution in [0.15, 0.2) is 22.7 Å². The second-order valence-electron chi connectivity index (χ2n) is 3.13. The Hall–Kier alpha value is -1.65. The number of nitro groups is 1. The molecule has 0 aliphatic carbocycles. The third kappa shape index (κ3) is 3.41. The fraction of sp³-hybridized carbons (Fsp3) is 0.300. The number of nitro benzene ring substituents is 1. The Morgan fingerprint density at radius 1 is 1.71 bits per heavy atom. The molecule has 17 heavy (non-hydrogen) atoms. The normalized spacial score (nSPS) is 11.6. The minimum Gasteiger partial charge on any atom is -0.489 e. The van der Waals surface area contributed by atoms with Gasteiger partial charge in [0, 0.05) is 6.07 Å². The van der Waals surface area contributed by atoms with Crippen molar-refractivity contribution in [3.63, 3.8) is 0 Å². The van der Waals surface area contributed by atoms with Gasteiger partial charge in [0.05, 0.1) is 11.0 Å². The van der Waals surface area contributed by atoms with Crippen LogP contribution in [0.3, 0.4) is 0 Å². The molecule has 0 aliphatic rings. The number of rotatable bonds is 5. The first-order chi connectivity index (χ1) is 8.10. The molecule has 1 N–H and O–H groups in total. The number of nitriles is 1. The number of hydrogen-bond donors (Lipinski definition) is 1. The molecular formula is C10H10BrN3O3. The van der Waals surface area contributed by atoms with Gasteiger partial charge in [0.2, 0.25) is 0 Å². The summed E-state index contributed by atoms with van der Waals surface area (Å²) in [6.07, 6.45) is 0.